The second-order valence-electron chi connectivity index (χ2n) is 5.09. The van der Waals surface area contributed by atoms with Gasteiger partial charge in [0.1, 0.15) is 0 Å². The molecule has 0 spiro atoms. The van der Waals surface area contributed by atoms with Gasteiger partial charge in [-0.25, -0.2) is 0 Å². The van der Waals surface area contributed by atoms with Crippen molar-refractivity contribution in [3.63, 3.8) is 0 Å². The van der Waals surface area contributed by atoms with Gasteiger partial charge in [0.15, 0.2) is 0 Å². The quantitative estimate of drug-likeness (QED) is 0.699. The first-order valence-corrected chi connectivity index (χ1v) is 6.70. The number of likely N-dealkylation sites (tertiary alicyclic amines) is 1. The number of carbonyl (C=O) groups is 2. The van der Waals surface area contributed by atoms with Crippen LogP contribution in [0.15, 0.2) is 24.3 Å². The molecule has 2 atom stereocenters. The van der Waals surface area contributed by atoms with Gasteiger partial charge in [-0.3, -0.25) is 14.5 Å². The molecule has 1 aromatic carbocycles. The number of nitrogens with zero attached hydrogens (tertiary/aromatic N) is 1. The van der Waals surface area contributed by atoms with E-state index in [0.29, 0.717) is 17.9 Å². The van der Waals surface area contributed by atoms with Crippen molar-refractivity contribution in [3.05, 3.63) is 24.3 Å². The molecule has 1 fully saturated rings. The summed E-state index contributed by atoms with van der Waals surface area (Å²) in [6, 6.07) is 6.20. The largest absolute Gasteiger partial charge is 0.399 e. The summed E-state index contributed by atoms with van der Waals surface area (Å²) in [5.41, 5.74) is 12.3. The zero-order valence-electron chi connectivity index (χ0n) is 11.5. The summed E-state index contributed by atoms with van der Waals surface area (Å²) >= 11 is 0. The maximum absolute atomic E-state index is 12.2. The molecule has 2 unspecified atom stereocenters. The highest BCUT2D eigenvalue weighted by atomic mass is 16.2. The number of nitrogens with two attached hydrogens (primary N) is 2. The van der Waals surface area contributed by atoms with Gasteiger partial charge in [0.2, 0.25) is 11.8 Å². The normalized spacial score (nSPS) is 20.6. The summed E-state index contributed by atoms with van der Waals surface area (Å²) in [4.78, 5) is 25.4. The van der Waals surface area contributed by atoms with Gasteiger partial charge in [0, 0.05) is 11.4 Å². The van der Waals surface area contributed by atoms with E-state index in [1.807, 2.05) is 4.90 Å². The van der Waals surface area contributed by atoms with Crippen LogP contribution in [-0.2, 0) is 9.59 Å². The Morgan fingerprint density at radius 2 is 2.00 bits per heavy atom. The van der Waals surface area contributed by atoms with Gasteiger partial charge in [-0.15, -0.1) is 0 Å². The van der Waals surface area contributed by atoms with Gasteiger partial charge >= 0.3 is 0 Å². The molecule has 0 aliphatic carbocycles. The molecule has 0 saturated carbocycles. The number of primary amides is 1. The summed E-state index contributed by atoms with van der Waals surface area (Å²) in [5.74, 6) is -0.516. The molecule has 2 rings (SSSR count). The van der Waals surface area contributed by atoms with Crippen molar-refractivity contribution in [2.24, 2.45) is 5.73 Å². The molecule has 1 heterocycles. The van der Waals surface area contributed by atoms with E-state index in [2.05, 4.69) is 5.32 Å². The lowest BCUT2D eigenvalue weighted by molar-refractivity contribution is -0.126. The van der Waals surface area contributed by atoms with Crippen LogP contribution in [0.2, 0.25) is 0 Å². The molecule has 108 valence electrons. The van der Waals surface area contributed by atoms with Crippen LogP contribution in [0.25, 0.3) is 0 Å². The molecule has 5 N–H and O–H groups in total. The van der Waals surface area contributed by atoms with E-state index in [0.717, 1.165) is 12.8 Å². The summed E-state index contributed by atoms with van der Waals surface area (Å²) in [5, 5.41) is 2.82. The van der Waals surface area contributed by atoms with Crippen LogP contribution >= 0.6 is 0 Å². The van der Waals surface area contributed by atoms with Crippen LogP contribution in [-0.4, -0.2) is 35.3 Å². The number of rotatable bonds is 4. The molecule has 1 aromatic rings. The van der Waals surface area contributed by atoms with Crippen molar-refractivity contribution in [2.45, 2.75) is 31.8 Å². The van der Waals surface area contributed by atoms with E-state index in [1.54, 1.807) is 31.2 Å². The standard InChI is InChI=1S/C14H20N4O2/c1-9(18-8-2-3-12(18)13(16)19)14(20)17-11-6-4-10(15)5-7-11/h4-7,9,12H,2-3,8,15H2,1H3,(H2,16,19)(H,17,20). The molecule has 1 saturated heterocycles. The fourth-order valence-corrected chi connectivity index (χ4v) is 2.52. The number of benzene rings is 1. The predicted molar refractivity (Wildman–Crippen MR) is 77.9 cm³/mol. The average Bonchev–Trinajstić information content (AvgIpc) is 2.90. The molecule has 0 bridgehead atoms. The number of amides is 2. The SMILES string of the molecule is CC(C(=O)Nc1ccc(N)cc1)N1CCCC1C(N)=O. The summed E-state index contributed by atoms with van der Waals surface area (Å²) in [7, 11) is 0. The van der Waals surface area contributed by atoms with Crippen molar-refractivity contribution in [1.82, 2.24) is 4.90 Å². The topological polar surface area (TPSA) is 101 Å². The third-order valence-electron chi connectivity index (χ3n) is 3.68. The van der Waals surface area contributed by atoms with Gasteiger partial charge in [-0.05, 0) is 50.6 Å². The van der Waals surface area contributed by atoms with Crippen LogP contribution in [0.4, 0.5) is 11.4 Å². The zero-order chi connectivity index (χ0) is 14.7. The Hall–Kier alpha value is -2.08. The van der Waals surface area contributed by atoms with Crippen LogP contribution < -0.4 is 16.8 Å². The highest BCUT2D eigenvalue weighted by Gasteiger charge is 2.35. The molecule has 2 amide bonds. The second-order valence-corrected chi connectivity index (χ2v) is 5.09. The second kappa shape index (κ2) is 5.92. The number of hydrogen-bond acceptors (Lipinski definition) is 4. The maximum Gasteiger partial charge on any atom is 0.241 e. The van der Waals surface area contributed by atoms with Gasteiger partial charge in [0.25, 0.3) is 0 Å². The van der Waals surface area contributed by atoms with Gasteiger partial charge in [-0.1, -0.05) is 0 Å². The lowest BCUT2D eigenvalue weighted by Gasteiger charge is -2.27. The predicted octanol–water partition coefficient (Wildman–Crippen LogP) is 0.546. The average molecular weight is 276 g/mol. The van der Waals surface area contributed by atoms with E-state index >= 15 is 0 Å². The van der Waals surface area contributed by atoms with E-state index in [4.69, 9.17) is 11.5 Å². The Morgan fingerprint density at radius 1 is 1.35 bits per heavy atom. The number of nitrogens with one attached hydrogen (secondary N) is 1. The third-order valence-corrected chi connectivity index (χ3v) is 3.68. The van der Waals surface area contributed by atoms with Gasteiger partial charge < -0.3 is 16.8 Å². The Morgan fingerprint density at radius 3 is 2.60 bits per heavy atom. The number of nitrogen functional groups attached to an aromatic ring is 1. The fourth-order valence-electron chi connectivity index (χ4n) is 2.52. The molecule has 0 aromatic heterocycles. The van der Waals surface area contributed by atoms with E-state index in [9.17, 15) is 9.59 Å². The lowest BCUT2D eigenvalue weighted by atomic mass is 10.1. The van der Waals surface area contributed by atoms with Gasteiger partial charge in [-0.2, -0.15) is 0 Å². The maximum atomic E-state index is 12.2. The lowest BCUT2D eigenvalue weighted by Crippen LogP contribution is -2.49. The zero-order valence-corrected chi connectivity index (χ0v) is 11.5. The summed E-state index contributed by atoms with van der Waals surface area (Å²) in [6.07, 6.45) is 1.60. The Bertz CT molecular complexity index is 500. The highest BCUT2D eigenvalue weighted by molar-refractivity contribution is 5.95. The molecule has 20 heavy (non-hydrogen) atoms. The Balaban J connectivity index is 2.01. The number of carbonyl (C=O) groups excluding carboxylic acids is 2. The summed E-state index contributed by atoms with van der Waals surface area (Å²) < 4.78 is 0. The van der Waals surface area contributed by atoms with Crippen LogP contribution in [0.1, 0.15) is 19.8 Å². The molecular weight excluding hydrogens is 256 g/mol. The first-order chi connectivity index (χ1) is 9.49. The summed E-state index contributed by atoms with van der Waals surface area (Å²) in [6.45, 7) is 2.50. The molecule has 6 heteroatoms. The number of hydrogen-bond donors (Lipinski definition) is 3. The van der Waals surface area contributed by atoms with Crippen molar-refractivity contribution in [2.75, 3.05) is 17.6 Å². The van der Waals surface area contributed by atoms with Crippen molar-refractivity contribution in [3.8, 4) is 0 Å². The first-order valence-electron chi connectivity index (χ1n) is 6.70. The molecule has 0 radical (unpaired) electrons. The highest BCUT2D eigenvalue weighted by Crippen LogP contribution is 2.21. The van der Waals surface area contributed by atoms with Crippen molar-refractivity contribution < 1.29 is 9.59 Å². The minimum absolute atomic E-state index is 0.150. The Labute approximate surface area is 118 Å². The monoisotopic (exact) mass is 276 g/mol. The first kappa shape index (κ1) is 14.3. The molecule has 1 aliphatic heterocycles. The van der Waals surface area contributed by atoms with E-state index < -0.39 is 6.04 Å². The Kier molecular flexibility index (Phi) is 4.24. The molecular formula is C14H20N4O2. The van der Waals surface area contributed by atoms with Crippen LogP contribution in [0.5, 0.6) is 0 Å². The minimum Gasteiger partial charge on any atom is -0.399 e. The van der Waals surface area contributed by atoms with Crippen molar-refractivity contribution >= 4 is 23.2 Å². The van der Waals surface area contributed by atoms with Crippen LogP contribution in [0, 0.1) is 0 Å². The minimum atomic E-state index is -0.396. The van der Waals surface area contributed by atoms with Gasteiger partial charge in [0.05, 0.1) is 12.1 Å². The van der Waals surface area contributed by atoms with Crippen molar-refractivity contribution in [1.29, 1.82) is 0 Å². The van der Waals surface area contributed by atoms with Crippen LogP contribution in [0.3, 0.4) is 0 Å². The van der Waals surface area contributed by atoms with E-state index in [-0.39, 0.29) is 17.9 Å². The fraction of sp³-hybridized carbons (Fsp3) is 0.429. The third kappa shape index (κ3) is 3.08. The smallest absolute Gasteiger partial charge is 0.241 e. The molecule has 1 aliphatic rings. The van der Waals surface area contributed by atoms with E-state index in [1.165, 1.54) is 0 Å². The molecule has 6 nitrogen and oxygen atoms in total. The number of anilines is 2.